The number of rotatable bonds is 4. The van der Waals surface area contributed by atoms with Gasteiger partial charge in [-0.05, 0) is 12.8 Å². The molecule has 0 bridgehead atoms. The molecule has 1 N–H and O–H groups in total. The summed E-state index contributed by atoms with van der Waals surface area (Å²) in [6, 6.07) is 0. The molecular formula is C11H21NO3S. The number of hydrogen-bond donors (Lipinski definition) is 1. The van der Waals surface area contributed by atoms with Gasteiger partial charge in [0.25, 0.3) is 0 Å². The summed E-state index contributed by atoms with van der Waals surface area (Å²) in [5, 5.41) is 0. The second-order valence-electron chi connectivity index (χ2n) is 3.83. The van der Waals surface area contributed by atoms with Gasteiger partial charge >= 0.3 is 0 Å². The first-order valence-electron chi connectivity index (χ1n) is 5.52. The summed E-state index contributed by atoms with van der Waals surface area (Å²) in [4.78, 5) is 1.51. The van der Waals surface area contributed by atoms with Gasteiger partial charge in [0.15, 0.2) is 0 Å². The van der Waals surface area contributed by atoms with Crippen LogP contribution in [0.15, 0.2) is 24.0 Å². The van der Waals surface area contributed by atoms with E-state index in [1.54, 1.807) is 0 Å². The summed E-state index contributed by atoms with van der Waals surface area (Å²) < 4.78 is 27.2. The number of allylic oxidation sites excluding steroid dienone is 2. The Morgan fingerprint density at radius 3 is 2.31 bits per heavy atom. The van der Waals surface area contributed by atoms with Crippen LogP contribution in [0, 0.1) is 0 Å². The molecule has 0 spiro atoms. The maximum atomic E-state index is 9.08. The van der Waals surface area contributed by atoms with E-state index >= 15 is 0 Å². The van der Waals surface area contributed by atoms with Gasteiger partial charge in [0, 0.05) is 17.9 Å². The van der Waals surface area contributed by atoms with Gasteiger partial charge in [0.1, 0.15) is 6.20 Å². The highest BCUT2D eigenvalue weighted by Gasteiger charge is 2.08. The molecule has 0 aromatic heterocycles. The topological polar surface area (TPSA) is 61.6 Å². The van der Waals surface area contributed by atoms with Crippen LogP contribution in [0.5, 0.6) is 0 Å². The Labute approximate surface area is 98.4 Å². The van der Waals surface area contributed by atoms with E-state index in [1.165, 1.54) is 36.3 Å². The van der Waals surface area contributed by atoms with Crippen LogP contribution in [0.2, 0.25) is 0 Å². The van der Waals surface area contributed by atoms with Crippen molar-refractivity contribution >= 4 is 10.1 Å². The van der Waals surface area contributed by atoms with E-state index in [9.17, 15) is 0 Å². The van der Waals surface area contributed by atoms with Crippen molar-refractivity contribution in [3.8, 4) is 0 Å². The van der Waals surface area contributed by atoms with E-state index in [1.807, 2.05) is 0 Å². The first-order valence-corrected chi connectivity index (χ1v) is 7.33. The second-order valence-corrected chi connectivity index (χ2v) is 5.24. The predicted octanol–water partition coefficient (Wildman–Crippen LogP) is 0.654. The van der Waals surface area contributed by atoms with Gasteiger partial charge in [-0.3, -0.25) is 4.90 Å². The molecule has 1 aliphatic heterocycles. The van der Waals surface area contributed by atoms with E-state index in [-0.39, 0.29) is 0 Å². The third-order valence-electron chi connectivity index (χ3n) is 1.96. The molecule has 0 aromatic rings. The minimum atomic E-state index is -3.92. The number of nitrogens with one attached hydrogen (secondary N) is 1. The Hall–Kier alpha value is -0.650. The SMILES string of the molecule is CCCC1=C[NH+](CCC)C=C1.CS(=O)(=O)[O-]. The highest BCUT2D eigenvalue weighted by molar-refractivity contribution is 7.84. The molecule has 1 unspecified atom stereocenters. The van der Waals surface area contributed by atoms with Crippen molar-refractivity contribution in [2.24, 2.45) is 0 Å². The molecule has 16 heavy (non-hydrogen) atoms. The molecule has 0 amide bonds. The third kappa shape index (κ3) is 9.89. The van der Waals surface area contributed by atoms with Crippen LogP contribution in [-0.2, 0) is 10.1 Å². The summed E-state index contributed by atoms with van der Waals surface area (Å²) >= 11 is 0. The Bertz CT molecular complexity index is 336. The lowest BCUT2D eigenvalue weighted by molar-refractivity contribution is -0.787. The number of hydrogen-bond acceptors (Lipinski definition) is 3. The van der Waals surface area contributed by atoms with Crippen molar-refractivity contribution in [1.82, 2.24) is 0 Å². The van der Waals surface area contributed by atoms with E-state index in [2.05, 4.69) is 32.3 Å². The van der Waals surface area contributed by atoms with Gasteiger partial charge in [-0.1, -0.05) is 20.3 Å². The van der Waals surface area contributed by atoms with Gasteiger partial charge in [0.2, 0.25) is 0 Å². The van der Waals surface area contributed by atoms with Crippen LogP contribution in [-0.4, -0.2) is 25.8 Å². The molecule has 1 aliphatic rings. The van der Waals surface area contributed by atoms with Crippen molar-refractivity contribution in [1.29, 1.82) is 0 Å². The van der Waals surface area contributed by atoms with Gasteiger partial charge < -0.3 is 4.55 Å². The van der Waals surface area contributed by atoms with E-state index in [0.29, 0.717) is 6.26 Å². The molecule has 0 saturated carbocycles. The normalized spacial score (nSPS) is 19.0. The van der Waals surface area contributed by atoms with Crippen molar-refractivity contribution < 1.29 is 17.9 Å². The summed E-state index contributed by atoms with van der Waals surface area (Å²) in [5.74, 6) is 0. The molecule has 0 saturated heterocycles. The summed E-state index contributed by atoms with van der Waals surface area (Å²) in [6.45, 7) is 5.70. The highest BCUT2D eigenvalue weighted by Crippen LogP contribution is 2.05. The van der Waals surface area contributed by atoms with Crippen molar-refractivity contribution in [2.45, 2.75) is 33.1 Å². The first kappa shape index (κ1) is 15.3. The smallest absolute Gasteiger partial charge is 0.102 e. The van der Waals surface area contributed by atoms with Gasteiger partial charge in [-0.15, -0.1) is 0 Å². The maximum absolute atomic E-state index is 9.08. The highest BCUT2D eigenvalue weighted by atomic mass is 32.2. The van der Waals surface area contributed by atoms with Crippen LogP contribution in [0.4, 0.5) is 0 Å². The van der Waals surface area contributed by atoms with Crippen LogP contribution in [0.3, 0.4) is 0 Å². The fourth-order valence-corrected chi connectivity index (χ4v) is 1.44. The molecule has 0 aliphatic carbocycles. The van der Waals surface area contributed by atoms with Crippen molar-refractivity contribution in [2.75, 3.05) is 12.8 Å². The summed E-state index contributed by atoms with van der Waals surface area (Å²) in [7, 11) is -3.92. The van der Waals surface area contributed by atoms with Crippen molar-refractivity contribution in [3.05, 3.63) is 24.0 Å². The molecule has 0 radical (unpaired) electrons. The molecule has 4 nitrogen and oxygen atoms in total. The molecule has 94 valence electrons. The maximum Gasteiger partial charge on any atom is 0.102 e. The molecule has 5 heteroatoms. The number of quaternary nitrogens is 1. The van der Waals surface area contributed by atoms with Crippen LogP contribution in [0.1, 0.15) is 33.1 Å². The van der Waals surface area contributed by atoms with E-state index in [4.69, 9.17) is 13.0 Å². The van der Waals surface area contributed by atoms with Gasteiger partial charge in [-0.25, -0.2) is 8.42 Å². The zero-order chi connectivity index (χ0) is 12.6. The monoisotopic (exact) mass is 247 g/mol. The Morgan fingerprint density at radius 2 is 1.88 bits per heavy atom. The Kier molecular flexibility index (Phi) is 7.29. The minimum Gasteiger partial charge on any atom is -0.748 e. The van der Waals surface area contributed by atoms with Gasteiger partial charge in [0.05, 0.1) is 22.9 Å². The van der Waals surface area contributed by atoms with E-state index < -0.39 is 10.1 Å². The average molecular weight is 247 g/mol. The van der Waals surface area contributed by atoms with Crippen molar-refractivity contribution in [3.63, 3.8) is 0 Å². The summed E-state index contributed by atoms with van der Waals surface area (Å²) in [6.07, 6.45) is 11.2. The molecule has 1 rings (SSSR count). The molecule has 0 fully saturated rings. The quantitative estimate of drug-likeness (QED) is 0.742. The standard InChI is InChI=1S/C10H17N.CH4O3S/c1-3-5-10-6-8-11(9-10)7-4-2;1-5(2,3)4/h6,8-9H,3-5,7H2,1-2H3;1H3,(H,2,3,4). The fourth-order valence-electron chi connectivity index (χ4n) is 1.44. The molecule has 0 aromatic carbocycles. The van der Waals surface area contributed by atoms with Gasteiger partial charge in [-0.2, -0.15) is 0 Å². The fraction of sp³-hybridized carbons (Fsp3) is 0.636. The molecule has 1 atom stereocenters. The second kappa shape index (κ2) is 7.60. The lowest BCUT2D eigenvalue weighted by Gasteiger charge is -2.02. The minimum absolute atomic E-state index is 0.604. The van der Waals surface area contributed by atoms with E-state index in [0.717, 1.165) is 0 Å². The molecular weight excluding hydrogens is 226 g/mol. The first-order chi connectivity index (χ1) is 7.36. The zero-order valence-corrected chi connectivity index (χ0v) is 11.0. The molecule has 1 heterocycles. The van der Waals surface area contributed by atoms with Crippen LogP contribution >= 0.6 is 0 Å². The Balaban J connectivity index is 0.000000385. The van der Waals surface area contributed by atoms with Crippen LogP contribution < -0.4 is 4.90 Å². The lowest BCUT2D eigenvalue weighted by Crippen LogP contribution is -3.01. The zero-order valence-electron chi connectivity index (χ0n) is 10.2. The summed E-state index contributed by atoms with van der Waals surface area (Å²) in [5.41, 5.74) is 1.51. The van der Waals surface area contributed by atoms with Crippen LogP contribution in [0.25, 0.3) is 0 Å². The largest absolute Gasteiger partial charge is 0.748 e. The average Bonchev–Trinajstić information content (AvgIpc) is 2.51. The lowest BCUT2D eigenvalue weighted by atomic mass is 10.2. The third-order valence-corrected chi connectivity index (χ3v) is 1.96. The predicted molar refractivity (Wildman–Crippen MR) is 63.9 cm³/mol. The Morgan fingerprint density at radius 1 is 1.31 bits per heavy atom.